The number of hydrogen-bond donors (Lipinski definition) is 2. The number of amides is 1. The van der Waals surface area contributed by atoms with E-state index in [0.717, 1.165) is 46.5 Å². The van der Waals surface area contributed by atoms with Gasteiger partial charge >= 0.3 is 0 Å². The van der Waals surface area contributed by atoms with Gasteiger partial charge in [0.1, 0.15) is 5.52 Å². The molecule has 0 spiro atoms. The highest BCUT2D eigenvalue weighted by molar-refractivity contribution is 7.80. The first-order valence-electron chi connectivity index (χ1n) is 13.5. The monoisotopic (exact) mass is 501 g/mol. The summed E-state index contributed by atoms with van der Waals surface area (Å²) in [6.07, 6.45) is 9.54. The second kappa shape index (κ2) is 9.29. The van der Waals surface area contributed by atoms with E-state index in [2.05, 4.69) is 36.6 Å². The van der Waals surface area contributed by atoms with Gasteiger partial charge in [-0.1, -0.05) is 19.9 Å². The fourth-order valence-electron chi connectivity index (χ4n) is 7.49. The zero-order valence-corrected chi connectivity index (χ0v) is 22.0. The van der Waals surface area contributed by atoms with E-state index in [1.165, 1.54) is 44.1 Å². The van der Waals surface area contributed by atoms with Gasteiger partial charge in [-0.25, -0.2) is 4.98 Å². The molecule has 4 saturated carbocycles. The van der Waals surface area contributed by atoms with Crippen molar-refractivity contribution in [3.05, 3.63) is 48.0 Å². The highest BCUT2D eigenvalue weighted by Crippen LogP contribution is 2.61. The minimum atomic E-state index is 0.0503. The molecule has 5 nitrogen and oxygen atoms in total. The Morgan fingerprint density at radius 3 is 2.39 bits per heavy atom. The molecule has 36 heavy (non-hydrogen) atoms. The van der Waals surface area contributed by atoms with Gasteiger partial charge in [-0.2, -0.15) is 0 Å². The van der Waals surface area contributed by atoms with Gasteiger partial charge in [-0.15, -0.1) is 0 Å². The Balaban J connectivity index is 1.07. The number of anilines is 1. The number of nitrogens with one attached hydrogen (secondary N) is 2. The first-order chi connectivity index (χ1) is 17.4. The summed E-state index contributed by atoms with van der Waals surface area (Å²) in [6, 6.07) is 14.0. The predicted molar refractivity (Wildman–Crippen MR) is 148 cm³/mol. The summed E-state index contributed by atoms with van der Waals surface area (Å²) >= 11 is 5.46. The van der Waals surface area contributed by atoms with E-state index in [0.29, 0.717) is 23.3 Å². The molecule has 1 aromatic heterocycles. The first kappa shape index (κ1) is 23.7. The Kier molecular flexibility index (Phi) is 6.11. The summed E-state index contributed by atoms with van der Waals surface area (Å²) in [4.78, 5) is 17.6. The summed E-state index contributed by atoms with van der Waals surface area (Å²) in [5, 5.41) is 6.46. The number of oxazole rings is 1. The lowest BCUT2D eigenvalue weighted by molar-refractivity contribution is -0.127. The van der Waals surface area contributed by atoms with Crippen LogP contribution in [0.25, 0.3) is 22.6 Å². The third-order valence-corrected chi connectivity index (χ3v) is 9.14. The molecule has 1 atom stereocenters. The standard InChI is InChI=1S/C30H35N3O2S/c1-3-18(2)23-6-9-26-25(13-23)32-28(35-26)22-4-7-24(8-5-22)31-29(36)33-27(34)17-30-14-19-10-20(15-30)12-21(11-19)16-30/h4-9,13,18-21H,3,10-12,14-17H2,1-2H3,(H2,31,33,34,36). The average molecular weight is 502 g/mol. The largest absolute Gasteiger partial charge is 0.436 e. The Bertz CT molecular complexity index is 1260. The van der Waals surface area contributed by atoms with Crippen LogP contribution in [0.1, 0.15) is 76.7 Å². The third kappa shape index (κ3) is 4.68. The van der Waals surface area contributed by atoms with Crippen LogP contribution in [0.4, 0.5) is 5.69 Å². The number of thiocarbonyl (C=S) groups is 1. The average Bonchev–Trinajstić information content (AvgIpc) is 3.26. The summed E-state index contributed by atoms with van der Waals surface area (Å²) < 4.78 is 6.00. The number of nitrogens with zero attached hydrogens (tertiary/aromatic N) is 1. The molecule has 3 aromatic rings. The van der Waals surface area contributed by atoms with Crippen LogP contribution in [-0.2, 0) is 4.79 Å². The van der Waals surface area contributed by atoms with Crippen molar-refractivity contribution >= 4 is 40.0 Å². The van der Waals surface area contributed by atoms with Crippen molar-refractivity contribution in [2.45, 2.75) is 71.1 Å². The molecule has 1 amide bonds. The molecule has 2 N–H and O–H groups in total. The number of carbonyl (C=O) groups is 1. The Morgan fingerprint density at radius 2 is 1.75 bits per heavy atom. The molecule has 7 rings (SSSR count). The zero-order chi connectivity index (χ0) is 24.9. The molecular formula is C30H35N3O2S. The van der Waals surface area contributed by atoms with Crippen molar-refractivity contribution < 1.29 is 9.21 Å². The van der Waals surface area contributed by atoms with Gasteiger partial charge < -0.3 is 15.1 Å². The van der Waals surface area contributed by atoms with E-state index < -0.39 is 0 Å². The van der Waals surface area contributed by atoms with E-state index in [1.54, 1.807) is 0 Å². The summed E-state index contributed by atoms with van der Waals surface area (Å²) in [5.41, 5.74) is 4.90. The maximum Gasteiger partial charge on any atom is 0.227 e. The Morgan fingerprint density at radius 1 is 1.08 bits per heavy atom. The van der Waals surface area contributed by atoms with Crippen molar-refractivity contribution in [3.8, 4) is 11.5 Å². The zero-order valence-electron chi connectivity index (χ0n) is 21.2. The Labute approximate surface area is 218 Å². The fourth-order valence-corrected chi connectivity index (χ4v) is 7.72. The molecule has 6 heteroatoms. The second-order valence-corrected chi connectivity index (χ2v) is 12.1. The van der Waals surface area contributed by atoms with Crippen LogP contribution in [0, 0.1) is 23.2 Å². The van der Waals surface area contributed by atoms with E-state index in [9.17, 15) is 4.79 Å². The van der Waals surface area contributed by atoms with Crippen molar-refractivity contribution in [3.63, 3.8) is 0 Å². The highest BCUT2D eigenvalue weighted by atomic mass is 32.1. The summed E-state index contributed by atoms with van der Waals surface area (Å²) in [5.74, 6) is 3.68. The molecule has 4 aliphatic rings. The molecule has 2 aromatic carbocycles. The van der Waals surface area contributed by atoms with E-state index in [4.69, 9.17) is 21.6 Å². The van der Waals surface area contributed by atoms with Gasteiger partial charge in [0.05, 0.1) is 0 Å². The van der Waals surface area contributed by atoms with Crippen LogP contribution < -0.4 is 10.6 Å². The van der Waals surface area contributed by atoms with Gasteiger partial charge in [0.15, 0.2) is 10.7 Å². The van der Waals surface area contributed by atoms with Gasteiger partial charge in [0.2, 0.25) is 11.8 Å². The second-order valence-electron chi connectivity index (χ2n) is 11.7. The molecule has 1 unspecified atom stereocenters. The maximum absolute atomic E-state index is 12.9. The Hall–Kier alpha value is -2.73. The minimum absolute atomic E-state index is 0.0503. The van der Waals surface area contributed by atoms with Crippen molar-refractivity contribution in [2.24, 2.45) is 23.2 Å². The summed E-state index contributed by atoms with van der Waals surface area (Å²) in [7, 11) is 0. The minimum Gasteiger partial charge on any atom is -0.436 e. The summed E-state index contributed by atoms with van der Waals surface area (Å²) in [6.45, 7) is 4.42. The van der Waals surface area contributed by atoms with Crippen molar-refractivity contribution in [1.82, 2.24) is 10.3 Å². The topological polar surface area (TPSA) is 67.2 Å². The normalized spacial score (nSPS) is 27.2. The number of hydrogen-bond acceptors (Lipinski definition) is 4. The van der Waals surface area contributed by atoms with Crippen LogP contribution in [0.3, 0.4) is 0 Å². The van der Waals surface area contributed by atoms with E-state index in [1.807, 2.05) is 30.3 Å². The molecule has 0 radical (unpaired) electrons. The molecule has 0 aliphatic heterocycles. The van der Waals surface area contributed by atoms with Gasteiger partial charge in [-0.3, -0.25) is 4.79 Å². The number of rotatable bonds is 6. The van der Waals surface area contributed by atoms with Crippen LogP contribution in [-0.4, -0.2) is 16.0 Å². The van der Waals surface area contributed by atoms with Crippen LogP contribution >= 0.6 is 12.2 Å². The number of fused-ring (bicyclic) bond motifs is 1. The third-order valence-electron chi connectivity index (χ3n) is 8.94. The lowest BCUT2D eigenvalue weighted by Crippen LogP contribution is -2.48. The molecule has 188 valence electrons. The molecule has 0 saturated heterocycles. The lowest BCUT2D eigenvalue weighted by atomic mass is 9.49. The lowest BCUT2D eigenvalue weighted by Gasteiger charge is -2.56. The highest BCUT2D eigenvalue weighted by Gasteiger charge is 2.51. The first-order valence-corrected chi connectivity index (χ1v) is 13.9. The molecule has 4 bridgehead atoms. The van der Waals surface area contributed by atoms with Crippen molar-refractivity contribution in [1.29, 1.82) is 0 Å². The fraction of sp³-hybridized carbons (Fsp3) is 0.500. The van der Waals surface area contributed by atoms with Crippen LogP contribution in [0.2, 0.25) is 0 Å². The molecular weight excluding hydrogens is 466 g/mol. The quantitative estimate of drug-likeness (QED) is 0.344. The number of benzene rings is 2. The van der Waals surface area contributed by atoms with Crippen molar-refractivity contribution in [2.75, 3.05) is 5.32 Å². The predicted octanol–water partition coefficient (Wildman–Crippen LogP) is 7.43. The number of aromatic nitrogens is 1. The molecule has 4 fully saturated rings. The van der Waals surface area contributed by atoms with E-state index >= 15 is 0 Å². The van der Waals surface area contributed by atoms with E-state index in [-0.39, 0.29) is 11.3 Å². The number of carbonyl (C=O) groups excluding carboxylic acids is 1. The van der Waals surface area contributed by atoms with Gasteiger partial charge in [0.25, 0.3) is 0 Å². The van der Waals surface area contributed by atoms with Gasteiger partial charge in [-0.05, 0) is 128 Å². The maximum atomic E-state index is 12.9. The molecule has 4 aliphatic carbocycles. The SMILES string of the molecule is CCC(C)c1ccc2oc(-c3ccc(NC(=S)NC(=O)CC45CC6CC(CC(C6)C4)C5)cc3)nc2c1. The van der Waals surface area contributed by atoms with Crippen LogP contribution in [0.5, 0.6) is 0 Å². The van der Waals surface area contributed by atoms with Crippen LogP contribution in [0.15, 0.2) is 46.9 Å². The van der Waals surface area contributed by atoms with Gasteiger partial charge in [0, 0.05) is 17.7 Å². The molecule has 1 heterocycles. The smallest absolute Gasteiger partial charge is 0.227 e.